The van der Waals surface area contributed by atoms with Gasteiger partial charge in [-0.2, -0.15) is 0 Å². The fourth-order valence-corrected chi connectivity index (χ4v) is 1.77. The van der Waals surface area contributed by atoms with E-state index in [4.69, 9.17) is 4.74 Å². The highest BCUT2D eigenvalue weighted by Crippen LogP contribution is 2.02. The lowest BCUT2D eigenvalue weighted by Crippen LogP contribution is -2.60. The molecule has 1 heterocycles. The number of rotatable bonds is 4. The number of nitrogens with one attached hydrogen (secondary N) is 2. The molecule has 1 fully saturated rings. The van der Waals surface area contributed by atoms with E-state index < -0.39 is 0 Å². The number of hydrogen-bond donors (Lipinski definition) is 2. The van der Waals surface area contributed by atoms with Gasteiger partial charge in [0.2, 0.25) is 5.91 Å². The molecule has 5 nitrogen and oxygen atoms in total. The summed E-state index contributed by atoms with van der Waals surface area (Å²) in [4.78, 5) is 13.8. The van der Waals surface area contributed by atoms with E-state index in [1.165, 1.54) is 0 Å². The number of carbonyl (C=O) groups is 1. The fourth-order valence-electron chi connectivity index (χ4n) is 1.77. The minimum absolute atomic E-state index is 0.110. The quantitative estimate of drug-likeness (QED) is 0.678. The van der Waals surface area contributed by atoms with Gasteiger partial charge in [0.05, 0.1) is 18.7 Å². The van der Waals surface area contributed by atoms with Crippen LogP contribution in [-0.4, -0.2) is 62.8 Å². The van der Waals surface area contributed by atoms with Gasteiger partial charge in [0.15, 0.2) is 0 Å². The van der Waals surface area contributed by atoms with Crippen LogP contribution in [0.1, 0.15) is 13.8 Å². The highest BCUT2D eigenvalue weighted by molar-refractivity contribution is 5.82. The predicted octanol–water partition coefficient (Wildman–Crippen LogP) is -0.570. The Bertz CT molecular complexity index is 223. The largest absolute Gasteiger partial charge is 0.383 e. The fraction of sp³-hybridized carbons (Fsp3) is 0.909. The number of piperazine rings is 1. The zero-order valence-electron chi connectivity index (χ0n) is 10.6. The first-order valence-corrected chi connectivity index (χ1v) is 5.78. The first kappa shape index (κ1) is 13.4. The van der Waals surface area contributed by atoms with Gasteiger partial charge in [-0.3, -0.25) is 4.79 Å². The number of likely N-dealkylation sites (N-methyl/N-ethyl adjacent to an activating group) is 1. The van der Waals surface area contributed by atoms with E-state index in [9.17, 15) is 4.79 Å². The Kier molecular flexibility index (Phi) is 5.18. The molecular formula is C11H23N3O2. The summed E-state index contributed by atoms with van der Waals surface area (Å²) in [7, 11) is 3.47. The zero-order valence-corrected chi connectivity index (χ0v) is 10.6. The number of methoxy groups -OCH3 is 1. The number of hydrogen-bond acceptors (Lipinski definition) is 4. The molecule has 0 aromatic carbocycles. The lowest BCUT2D eigenvalue weighted by atomic mass is 10.1. The standard InChI is InChI=1S/C11H23N3O2/c1-8-5-13-10(6-12-8)11(15)14(3)9(2)7-16-4/h8-10,12-13H,5-7H2,1-4H3. The summed E-state index contributed by atoms with van der Waals surface area (Å²) in [6, 6.07) is 0.435. The Balaban J connectivity index is 2.44. The molecule has 1 amide bonds. The highest BCUT2D eigenvalue weighted by Gasteiger charge is 2.27. The number of ether oxygens (including phenoxy) is 1. The van der Waals surface area contributed by atoms with Gasteiger partial charge in [-0.1, -0.05) is 0 Å². The smallest absolute Gasteiger partial charge is 0.241 e. The molecule has 1 saturated heterocycles. The third-order valence-corrected chi connectivity index (χ3v) is 3.06. The summed E-state index contributed by atoms with van der Waals surface area (Å²) in [5.41, 5.74) is 0. The predicted molar refractivity (Wildman–Crippen MR) is 63.4 cm³/mol. The molecule has 0 aliphatic carbocycles. The molecule has 0 radical (unpaired) electrons. The number of nitrogens with zero attached hydrogens (tertiary/aromatic N) is 1. The Hall–Kier alpha value is -0.650. The van der Waals surface area contributed by atoms with E-state index >= 15 is 0 Å². The van der Waals surface area contributed by atoms with Crippen molar-refractivity contribution in [3.63, 3.8) is 0 Å². The van der Waals surface area contributed by atoms with Crippen LogP contribution in [0.4, 0.5) is 0 Å². The molecular weight excluding hydrogens is 206 g/mol. The number of amides is 1. The summed E-state index contributed by atoms with van der Waals surface area (Å²) < 4.78 is 5.05. The molecule has 1 rings (SSSR count). The maximum atomic E-state index is 12.1. The van der Waals surface area contributed by atoms with Gasteiger partial charge in [-0.15, -0.1) is 0 Å². The second kappa shape index (κ2) is 6.18. The molecule has 0 bridgehead atoms. The lowest BCUT2D eigenvalue weighted by Gasteiger charge is -2.33. The van der Waals surface area contributed by atoms with E-state index in [0.717, 1.165) is 6.54 Å². The summed E-state index contributed by atoms with van der Waals surface area (Å²) in [5.74, 6) is 0.129. The summed E-state index contributed by atoms with van der Waals surface area (Å²) in [5, 5.41) is 6.55. The van der Waals surface area contributed by atoms with E-state index in [1.54, 1.807) is 12.0 Å². The van der Waals surface area contributed by atoms with Crippen molar-refractivity contribution < 1.29 is 9.53 Å². The summed E-state index contributed by atoms with van der Waals surface area (Å²) in [6.07, 6.45) is 0. The van der Waals surface area contributed by atoms with Crippen molar-refractivity contribution in [3.05, 3.63) is 0 Å². The highest BCUT2D eigenvalue weighted by atomic mass is 16.5. The van der Waals surface area contributed by atoms with Gasteiger partial charge in [0.25, 0.3) is 0 Å². The third-order valence-electron chi connectivity index (χ3n) is 3.06. The van der Waals surface area contributed by atoms with Crippen molar-refractivity contribution in [3.8, 4) is 0 Å². The molecule has 0 saturated carbocycles. The van der Waals surface area contributed by atoms with E-state index in [-0.39, 0.29) is 18.0 Å². The van der Waals surface area contributed by atoms with Gasteiger partial charge in [0.1, 0.15) is 0 Å². The molecule has 5 heteroatoms. The third kappa shape index (κ3) is 3.43. The van der Waals surface area contributed by atoms with Crippen molar-refractivity contribution in [1.82, 2.24) is 15.5 Å². The monoisotopic (exact) mass is 229 g/mol. The van der Waals surface area contributed by atoms with Gasteiger partial charge in [-0.05, 0) is 13.8 Å². The molecule has 1 aliphatic rings. The Morgan fingerprint density at radius 2 is 2.19 bits per heavy atom. The van der Waals surface area contributed by atoms with Crippen LogP contribution in [0, 0.1) is 0 Å². The number of carbonyl (C=O) groups excluding carboxylic acids is 1. The Morgan fingerprint density at radius 3 is 2.69 bits per heavy atom. The molecule has 94 valence electrons. The maximum Gasteiger partial charge on any atom is 0.241 e. The average molecular weight is 229 g/mol. The minimum Gasteiger partial charge on any atom is -0.383 e. The Morgan fingerprint density at radius 1 is 1.50 bits per heavy atom. The van der Waals surface area contributed by atoms with E-state index in [1.807, 2.05) is 14.0 Å². The summed E-state index contributed by atoms with van der Waals surface area (Å²) >= 11 is 0. The van der Waals surface area contributed by atoms with E-state index in [2.05, 4.69) is 17.6 Å². The van der Waals surface area contributed by atoms with Crippen molar-refractivity contribution in [2.24, 2.45) is 0 Å². The molecule has 3 atom stereocenters. The van der Waals surface area contributed by atoms with Gasteiger partial charge >= 0.3 is 0 Å². The van der Waals surface area contributed by atoms with Crippen LogP contribution in [-0.2, 0) is 9.53 Å². The normalized spacial score (nSPS) is 27.5. The SMILES string of the molecule is COCC(C)N(C)C(=O)C1CNC(C)CN1. The second-order valence-corrected chi connectivity index (χ2v) is 4.52. The van der Waals surface area contributed by atoms with Crippen molar-refractivity contribution in [1.29, 1.82) is 0 Å². The van der Waals surface area contributed by atoms with Gasteiger partial charge < -0.3 is 20.3 Å². The average Bonchev–Trinajstić information content (AvgIpc) is 2.28. The maximum absolute atomic E-state index is 12.1. The minimum atomic E-state index is -0.111. The first-order chi connectivity index (χ1) is 7.56. The van der Waals surface area contributed by atoms with Crippen LogP contribution >= 0.6 is 0 Å². The molecule has 1 aliphatic heterocycles. The van der Waals surface area contributed by atoms with Crippen molar-refractivity contribution in [2.45, 2.75) is 32.0 Å². The second-order valence-electron chi connectivity index (χ2n) is 4.52. The van der Waals surface area contributed by atoms with Crippen LogP contribution in [0.25, 0.3) is 0 Å². The van der Waals surface area contributed by atoms with Gasteiger partial charge in [0, 0.05) is 33.3 Å². The van der Waals surface area contributed by atoms with Crippen molar-refractivity contribution in [2.75, 3.05) is 33.9 Å². The van der Waals surface area contributed by atoms with Crippen LogP contribution in [0.15, 0.2) is 0 Å². The molecule has 2 N–H and O–H groups in total. The molecule has 0 spiro atoms. The van der Waals surface area contributed by atoms with Crippen molar-refractivity contribution >= 4 is 5.91 Å². The Labute approximate surface area is 97.5 Å². The molecule has 16 heavy (non-hydrogen) atoms. The molecule has 3 unspecified atom stereocenters. The van der Waals surface area contributed by atoms with Crippen LogP contribution < -0.4 is 10.6 Å². The van der Waals surface area contributed by atoms with E-state index in [0.29, 0.717) is 19.2 Å². The lowest BCUT2D eigenvalue weighted by molar-refractivity contribution is -0.135. The summed E-state index contributed by atoms with van der Waals surface area (Å²) in [6.45, 7) is 6.19. The van der Waals surface area contributed by atoms with Crippen LogP contribution in [0.2, 0.25) is 0 Å². The zero-order chi connectivity index (χ0) is 12.1. The van der Waals surface area contributed by atoms with Crippen LogP contribution in [0.5, 0.6) is 0 Å². The van der Waals surface area contributed by atoms with Gasteiger partial charge in [-0.25, -0.2) is 0 Å². The topological polar surface area (TPSA) is 53.6 Å². The van der Waals surface area contributed by atoms with Crippen LogP contribution in [0.3, 0.4) is 0 Å². The molecule has 0 aromatic heterocycles. The first-order valence-electron chi connectivity index (χ1n) is 5.78. The molecule has 0 aromatic rings.